The molecule has 57 heavy (non-hydrogen) atoms. The number of ether oxygens (including phenoxy) is 3. The molecule has 0 radical (unpaired) electrons. The summed E-state index contributed by atoms with van der Waals surface area (Å²) in [6, 6.07) is 14.8. The SMILES string of the molecule is COC(C)(C)CCC[C@@](C)(O)[C@H]1CC[C@]2(C)[C@@H]1[C@H](OC(=O)/C=C/c1ccc(Cl)cc1)C[C@@H]1[C@@]3(C)CC[C@H](OC(=O)/C=C/c4ccc(Cl)cc4)C(C)(C)[C@@H]3CC[C@]12C. The number of methoxy groups -OCH3 is 1. The standard InChI is InChI=1S/C49H66Cl2O6/c1-44(2,55-9)26-10-27-49(8,54)36-23-29-48(7)43(36)37(56-41(52)21-15-32-11-17-34(50)18-12-32)31-39-46(5)28-25-40(45(3,4)38(46)24-30-47(39,48)6)57-42(53)22-16-33-13-19-35(51)20-14-33/h11-22,36-40,43,54H,10,23-31H2,1-9H3/b21-15+,22-16+/t36-,37+,38-,39+,40-,43-,46-,47+,48+,49+/m0/s1. The molecule has 2 aromatic rings. The van der Waals surface area contributed by atoms with Gasteiger partial charge in [0.2, 0.25) is 0 Å². The molecule has 0 saturated heterocycles. The molecule has 2 aromatic carbocycles. The van der Waals surface area contributed by atoms with Gasteiger partial charge < -0.3 is 19.3 Å². The van der Waals surface area contributed by atoms with Gasteiger partial charge in [0.1, 0.15) is 12.2 Å². The van der Waals surface area contributed by atoms with Gasteiger partial charge in [-0.1, -0.05) is 82.1 Å². The number of carbonyl (C=O) groups is 2. The maximum atomic E-state index is 13.9. The second kappa shape index (κ2) is 16.4. The van der Waals surface area contributed by atoms with Crippen LogP contribution in [-0.2, 0) is 23.8 Å². The molecule has 0 unspecified atom stereocenters. The topological polar surface area (TPSA) is 82.1 Å². The molecule has 10 atom stereocenters. The summed E-state index contributed by atoms with van der Waals surface area (Å²) in [7, 11) is 1.75. The van der Waals surface area contributed by atoms with Crippen LogP contribution in [0.15, 0.2) is 60.7 Å². The first kappa shape index (κ1) is 43.9. The Kier molecular flexibility index (Phi) is 12.7. The van der Waals surface area contributed by atoms with Crippen molar-refractivity contribution in [2.45, 2.75) is 143 Å². The van der Waals surface area contributed by atoms with Crippen molar-refractivity contribution in [3.05, 3.63) is 81.9 Å². The Morgan fingerprint density at radius 2 is 1.30 bits per heavy atom. The van der Waals surface area contributed by atoms with E-state index in [0.29, 0.717) is 22.4 Å². The van der Waals surface area contributed by atoms with Crippen molar-refractivity contribution in [1.29, 1.82) is 0 Å². The highest BCUT2D eigenvalue weighted by Crippen LogP contribution is 2.76. The number of fused-ring (bicyclic) bond motifs is 5. The fourth-order valence-corrected chi connectivity index (χ4v) is 13.0. The highest BCUT2D eigenvalue weighted by molar-refractivity contribution is 6.30. The molecule has 4 saturated carbocycles. The molecule has 0 aromatic heterocycles. The van der Waals surface area contributed by atoms with Crippen LogP contribution in [0.2, 0.25) is 10.0 Å². The zero-order chi connectivity index (χ0) is 41.6. The number of halogens is 2. The average molecular weight is 822 g/mol. The van der Waals surface area contributed by atoms with Gasteiger partial charge in [0, 0.05) is 40.6 Å². The van der Waals surface area contributed by atoms with Gasteiger partial charge in [-0.15, -0.1) is 0 Å². The molecule has 6 rings (SSSR count). The Balaban J connectivity index is 1.28. The molecule has 1 N–H and O–H groups in total. The molecular weight excluding hydrogens is 755 g/mol. The van der Waals surface area contributed by atoms with E-state index in [4.69, 9.17) is 37.4 Å². The van der Waals surface area contributed by atoms with Crippen LogP contribution in [0, 0.1) is 45.3 Å². The van der Waals surface area contributed by atoms with Crippen molar-refractivity contribution in [2.24, 2.45) is 45.3 Å². The molecule has 4 fully saturated rings. The lowest BCUT2D eigenvalue weighted by atomic mass is 9.35. The van der Waals surface area contributed by atoms with Crippen molar-refractivity contribution in [1.82, 2.24) is 0 Å². The third-order valence-corrected chi connectivity index (χ3v) is 16.7. The number of hydrogen-bond acceptors (Lipinski definition) is 6. The van der Waals surface area contributed by atoms with Crippen LogP contribution in [0.3, 0.4) is 0 Å². The van der Waals surface area contributed by atoms with Crippen LogP contribution in [0.5, 0.6) is 0 Å². The summed E-state index contributed by atoms with van der Waals surface area (Å²) in [5, 5.41) is 13.7. The van der Waals surface area contributed by atoms with Crippen molar-refractivity contribution in [3.8, 4) is 0 Å². The Morgan fingerprint density at radius 1 is 0.754 bits per heavy atom. The summed E-state index contributed by atoms with van der Waals surface area (Å²) in [6.45, 7) is 18.2. The fourth-order valence-electron chi connectivity index (χ4n) is 12.7. The zero-order valence-corrected chi connectivity index (χ0v) is 37.2. The van der Waals surface area contributed by atoms with Crippen LogP contribution >= 0.6 is 23.2 Å². The molecule has 6 nitrogen and oxygen atoms in total. The summed E-state index contributed by atoms with van der Waals surface area (Å²) >= 11 is 12.2. The monoisotopic (exact) mass is 820 g/mol. The van der Waals surface area contributed by atoms with Gasteiger partial charge in [-0.2, -0.15) is 0 Å². The Bertz CT molecular complexity index is 1810. The largest absolute Gasteiger partial charge is 0.459 e. The molecule has 0 spiro atoms. The molecule has 0 amide bonds. The highest BCUT2D eigenvalue weighted by Gasteiger charge is 2.72. The summed E-state index contributed by atoms with van der Waals surface area (Å²) in [5.74, 6) is -0.102. The Hall–Kier alpha value is -2.64. The van der Waals surface area contributed by atoms with E-state index in [0.717, 1.165) is 68.9 Å². The van der Waals surface area contributed by atoms with Gasteiger partial charge in [0.25, 0.3) is 0 Å². The van der Waals surface area contributed by atoms with Gasteiger partial charge in [0.15, 0.2) is 0 Å². The molecule has 0 heterocycles. The molecule has 8 heteroatoms. The van der Waals surface area contributed by atoms with E-state index >= 15 is 0 Å². The Labute approximate surface area is 352 Å². The van der Waals surface area contributed by atoms with E-state index < -0.39 is 5.60 Å². The van der Waals surface area contributed by atoms with Crippen molar-refractivity contribution in [3.63, 3.8) is 0 Å². The quantitative estimate of drug-likeness (QED) is 0.170. The molecule has 4 aliphatic rings. The minimum absolute atomic E-state index is 0.00921. The van der Waals surface area contributed by atoms with Crippen LogP contribution in [-0.4, -0.2) is 47.6 Å². The third-order valence-electron chi connectivity index (χ3n) is 16.2. The normalized spacial score (nSPS) is 34.6. The van der Waals surface area contributed by atoms with E-state index in [-0.39, 0.29) is 69.2 Å². The lowest BCUT2D eigenvalue weighted by molar-refractivity contribution is -0.251. The van der Waals surface area contributed by atoms with E-state index in [9.17, 15) is 14.7 Å². The molecular formula is C49H66Cl2O6. The summed E-state index contributed by atoms with van der Waals surface area (Å²) in [4.78, 5) is 27.1. The number of aliphatic hydroxyl groups is 1. The molecule has 0 aliphatic heterocycles. The smallest absolute Gasteiger partial charge is 0.331 e. The van der Waals surface area contributed by atoms with Crippen molar-refractivity contribution >= 4 is 47.3 Å². The fraction of sp³-hybridized carbons (Fsp3) is 0.633. The average Bonchev–Trinajstić information content (AvgIpc) is 3.53. The predicted molar refractivity (Wildman–Crippen MR) is 231 cm³/mol. The first-order valence-corrected chi connectivity index (χ1v) is 22.0. The van der Waals surface area contributed by atoms with Gasteiger partial charge in [-0.05, 0) is 167 Å². The van der Waals surface area contributed by atoms with E-state index in [1.54, 1.807) is 25.3 Å². The van der Waals surface area contributed by atoms with E-state index in [2.05, 4.69) is 48.5 Å². The maximum Gasteiger partial charge on any atom is 0.331 e. The summed E-state index contributed by atoms with van der Waals surface area (Å²) in [5.41, 5.74) is 0.0676. The van der Waals surface area contributed by atoms with Gasteiger partial charge in [0.05, 0.1) is 11.2 Å². The Morgan fingerprint density at radius 3 is 1.86 bits per heavy atom. The predicted octanol–water partition coefficient (Wildman–Crippen LogP) is 12.2. The summed E-state index contributed by atoms with van der Waals surface area (Å²) in [6.07, 6.45) is 14.8. The number of carbonyl (C=O) groups excluding carboxylic acids is 2. The van der Waals surface area contributed by atoms with Crippen molar-refractivity contribution < 1.29 is 28.9 Å². The van der Waals surface area contributed by atoms with E-state index in [1.807, 2.05) is 55.5 Å². The highest BCUT2D eigenvalue weighted by atomic mass is 35.5. The molecule has 0 bridgehead atoms. The lowest BCUT2D eigenvalue weighted by Crippen LogP contribution is -2.67. The first-order valence-electron chi connectivity index (χ1n) is 21.2. The number of hydrogen-bond donors (Lipinski definition) is 1. The van der Waals surface area contributed by atoms with Crippen LogP contribution in [0.1, 0.15) is 131 Å². The first-order chi connectivity index (χ1) is 26.6. The van der Waals surface area contributed by atoms with Gasteiger partial charge in [-0.3, -0.25) is 0 Å². The lowest BCUT2D eigenvalue weighted by Gasteiger charge is -2.70. The van der Waals surface area contributed by atoms with Gasteiger partial charge in [-0.25, -0.2) is 9.59 Å². The third kappa shape index (κ3) is 8.68. The second-order valence-corrected chi connectivity index (χ2v) is 21.0. The maximum absolute atomic E-state index is 13.9. The van der Waals surface area contributed by atoms with Crippen molar-refractivity contribution in [2.75, 3.05) is 7.11 Å². The van der Waals surface area contributed by atoms with Gasteiger partial charge >= 0.3 is 11.9 Å². The van der Waals surface area contributed by atoms with Crippen LogP contribution in [0.25, 0.3) is 12.2 Å². The number of rotatable bonds is 12. The number of esters is 2. The summed E-state index contributed by atoms with van der Waals surface area (Å²) < 4.78 is 18.7. The molecule has 4 aliphatic carbocycles. The minimum atomic E-state index is -0.924. The minimum Gasteiger partial charge on any atom is -0.459 e. The number of benzene rings is 2. The second-order valence-electron chi connectivity index (χ2n) is 20.1. The van der Waals surface area contributed by atoms with E-state index in [1.165, 1.54) is 6.08 Å². The zero-order valence-electron chi connectivity index (χ0n) is 35.7. The van der Waals surface area contributed by atoms with Crippen LogP contribution < -0.4 is 0 Å². The van der Waals surface area contributed by atoms with Crippen LogP contribution in [0.4, 0.5) is 0 Å². The molecule has 312 valence electrons.